The Morgan fingerprint density at radius 2 is 2.00 bits per heavy atom. The van der Waals surface area contributed by atoms with E-state index in [-0.39, 0.29) is 18.3 Å². The summed E-state index contributed by atoms with van der Waals surface area (Å²) in [5, 5.41) is 6.39. The van der Waals surface area contributed by atoms with Crippen LogP contribution in [0.15, 0.2) is 0 Å². The number of halogens is 1. The van der Waals surface area contributed by atoms with Crippen molar-refractivity contribution in [2.45, 2.75) is 19.9 Å². The molecule has 2 aliphatic rings. The highest BCUT2D eigenvalue weighted by molar-refractivity contribution is 5.85. The fraction of sp³-hybridized carbons (Fsp3) is 0.900. The molecule has 4 nitrogen and oxygen atoms in total. The number of carbonyl (C=O) groups is 1. The lowest BCUT2D eigenvalue weighted by Crippen LogP contribution is -2.44. The van der Waals surface area contributed by atoms with Gasteiger partial charge in [0.2, 0.25) is 5.91 Å². The third kappa shape index (κ3) is 2.27. The molecule has 2 rings (SSSR count). The van der Waals surface area contributed by atoms with Crippen LogP contribution >= 0.6 is 12.4 Å². The molecule has 0 aromatic heterocycles. The van der Waals surface area contributed by atoms with Gasteiger partial charge in [-0.3, -0.25) is 4.79 Å². The third-order valence-electron chi connectivity index (χ3n) is 3.51. The Balaban J connectivity index is 0.00000112. The van der Waals surface area contributed by atoms with Crippen LogP contribution in [-0.2, 0) is 4.79 Å². The molecule has 1 heterocycles. The van der Waals surface area contributed by atoms with Gasteiger partial charge in [0.15, 0.2) is 0 Å². The van der Waals surface area contributed by atoms with Gasteiger partial charge in [-0.1, -0.05) is 0 Å². The van der Waals surface area contributed by atoms with Crippen LogP contribution in [0, 0.1) is 17.3 Å². The molecule has 1 aliphatic heterocycles. The van der Waals surface area contributed by atoms with Gasteiger partial charge in [0, 0.05) is 25.7 Å². The molecule has 4 N–H and O–H groups in total. The minimum absolute atomic E-state index is 0. The molecule has 1 saturated carbocycles. The molecule has 2 fully saturated rings. The van der Waals surface area contributed by atoms with Gasteiger partial charge in [-0.25, -0.2) is 0 Å². The summed E-state index contributed by atoms with van der Waals surface area (Å²) < 4.78 is 0. The minimum atomic E-state index is -0.426. The molecule has 0 radical (unpaired) electrons. The smallest absolute Gasteiger partial charge is 0.227 e. The summed E-state index contributed by atoms with van der Waals surface area (Å²) in [6, 6.07) is 0.412. The highest BCUT2D eigenvalue weighted by atomic mass is 35.5. The van der Waals surface area contributed by atoms with E-state index in [1.165, 1.54) is 0 Å². The molecule has 1 aliphatic carbocycles. The summed E-state index contributed by atoms with van der Waals surface area (Å²) >= 11 is 0. The number of amides is 1. The maximum absolute atomic E-state index is 11.8. The Morgan fingerprint density at radius 1 is 1.47 bits per heavy atom. The van der Waals surface area contributed by atoms with Crippen LogP contribution < -0.4 is 16.4 Å². The first-order valence-corrected chi connectivity index (χ1v) is 5.28. The molecular formula is C10H20ClN3O. The van der Waals surface area contributed by atoms with Crippen molar-refractivity contribution in [1.82, 2.24) is 10.6 Å². The van der Waals surface area contributed by atoms with Crippen molar-refractivity contribution >= 4 is 18.3 Å². The fourth-order valence-electron chi connectivity index (χ4n) is 2.07. The van der Waals surface area contributed by atoms with E-state index in [1.54, 1.807) is 0 Å². The van der Waals surface area contributed by atoms with Gasteiger partial charge >= 0.3 is 0 Å². The monoisotopic (exact) mass is 233 g/mol. The molecule has 0 spiro atoms. The number of piperidine rings is 1. The van der Waals surface area contributed by atoms with E-state index in [2.05, 4.69) is 10.6 Å². The zero-order valence-electron chi connectivity index (χ0n) is 9.25. The number of hydrogen-bond donors (Lipinski definition) is 3. The highest BCUT2D eigenvalue weighted by Gasteiger charge is 2.54. The summed E-state index contributed by atoms with van der Waals surface area (Å²) in [4.78, 5) is 11.8. The molecular weight excluding hydrogens is 214 g/mol. The number of carbonyl (C=O) groups excluding carboxylic acids is 1. The van der Waals surface area contributed by atoms with Crippen molar-refractivity contribution < 1.29 is 4.79 Å². The van der Waals surface area contributed by atoms with Crippen molar-refractivity contribution in [2.24, 2.45) is 23.0 Å². The summed E-state index contributed by atoms with van der Waals surface area (Å²) in [7, 11) is 0. The van der Waals surface area contributed by atoms with Gasteiger partial charge in [-0.05, 0) is 25.7 Å². The van der Waals surface area contributed by atoms with E-state index in [1.807, 2.05) is 13.8 Å². The zero-order valence-corrected chi connectivity index (χ0v) is 10.1. The Morgan fingerprint density at radius 3 is 2.47 bits per heavy atom. The Bertz CT molecular complexity index is 247. The molecule has 0 aromatic carbocycles. The van der Waals surface area contributed by atoms with Crippen LogP contribution in [0.25, 0.3) is 0 Å². The number of fused-ring (bicyclic) bond motifs is 1. The van der Waals surface area contributed by atoms with E-state index >= 15 is 0 Å². The van der Waals surface area contributed by atoms with E-state index in [0.717, 1.165) is 13.1 Å². The number of nitrogens with two attached hydrogens (primary N) is 1. The molecule has 3 atom stereocenters. The van der Waals surface area contributed by atoms with Crippen LogP contribution in [-0.4, -0.2) is 31.6 Å². The fourth-order valence-corrected chi connectivity index (χ4v) is 2.07. The van der Waals surface area contributed by atoms with Gasteiger partial charge in [-0.15, -0.1) is 12.4 Å². The summed E-state index contributed by atoms with van der Waals surface area (Å²) in [5.41, 5.74) is 5.12. The molecule has 1 unspecified atom stereocenters. The average Bonchev–Trinajstić information content (AvgIpc) is 2.64. The predicted molar refractivity (Wildman–Crippen MR) is 61.9 cm³/mol. The van der Waals surface area contributed by atoms with Gasteiger partial charge < -0.3 is 16.4 Å². The average molecular weight is 234 g/mol. The van der Waals surface area contributed by atoms with Crippen LogP contribution in [0.4, 0.5) is 0 Å². The van der Waals surface area contributed by atoms with E-state index in [4.69, 9.17) is 5.73 Å². The van der Waals surface area contributed by atoms with E-state index in [0.29, 0.717) is 24.4 Å². The Hall–Kier alpha value is -0.320. The van der Waals surface area contributed by atoms with Gasteiger partial charge in [0.25, 0.3) is 0 Å². The second kappa shape index (κ2) is 4.28. The first-order chi connectivity index (χ1) is 6.56. The zero-order chi connectivity index (χ0) is 10.3. The van der Waals surface area contributed by atoms with Gasteiger partial charge in [-0.2, -0.15) is 0 Å². The first-order valence-electron chi connectivity index (χ1n) is 5.28. The quantitative estimate of drug-likeness (QED) is 0.629. The third-order valence-corrected chi connectivity index (χ3v) is 3.51. The summed E-state index contributed by atoms with van der Waals surface area (Å²) in [5.74, 6) is 1.44. The van der Waals surface area contributed by atoms with Crippen molar-refractivity contribution in [3.63, 3.8) is 0 Å². The van der Waals surface area contributed by atoms with Gasteiger partial charge in [0.05, 0.1) is 5.41 Å². The number of hydrogen-bond acceptors (Lipinski definition) is 3. The predicted octanol–water partition coefficient (Wildman–Crippen LogP) is -0.273. The number of nitrogens with one attached hydrogen (secondary N) is 2. The van der Waals surface area contributed by atoms with Crippen LogP contribution in [0.1, 0.15) is 13.8 Å². The van der Waals surface area contributed by atoms with Gasteiger partial charge in [0.1, 0.15) is 0 Å². The molecule has 0 aromatic rings. The topological polar surface area (TPSA) is 67.2 Å². The van der Waals surface area contributed by atoms with Crippen molar-refractivity contribution in [2.75, 3.05) is 19.6 Å². The second-order valence-electron chi connectivity index (χ2n) is 5.07. The molecule has 1 saturated heterocycles. The lowest BCUT2D eigenvalue weighted by molar-refractivity contribution is -0.129. The molecule has 1 amide bonds. The van der Waals surface area contributed by atoms with Crippen molar-refractivity contribution in [1.29, 1.82) is 0 Å². The summed E-state index contributed by atoms with van der Waals surface area (Å²) in [6.45, 7) is 6.29. The molecule has 15 heavy (non-hydrogen) atoms. The SMILES string of the molecule is CC(C)(CN)C(=O)NC1[C@H]2CNC[C@@H]12.Cl. The lowest BCUT2D eigenvalue weighted by atomic mass is 9.92. The van der Waals surface area contributed by atoms with E-state index in [9.17, 15) is 4.79 Å². The van der Waals surface area contributed by atoms with Crippen molar-refractivity contribution in [3.05, 3.63) is 0 Å². The van der Waals surface area contributed by atoms with Crippen molar-refractivity contribution in [3.8, 4) is 0 Å². The molecule has 88 valence electrons. The summed E-state index contributed by atoms with van der Waals surface area (Å²) in [6.07, 6.45) is 0. The Labute approximate surface area is 96.8 Å². The van der Waals surface area contributed by atoms with Crippen LogP contribution in [0.5, 0.6) is 0 Å². The second-order valence-corrected chi connectivity index (χ2v) is 5.07. The first kappa shape index (κ1) is 12.7. The number of rotatable bonds is 3. The minimum Gasteiger partial charge on any atom is -0.352 e. The molecule has 0 bridgehead atoms. The highest BCUT2D eigenvalue weighted by Crippen LogP contribution is 2.41. The Kier molecular flexibility index (Phi) is 3.63. The maximum atomic E-state index is 11.8. The van der Waals surface area contributed by atoms with E-state index < -0.39 is 5.41 Å². The van der Waals surface area contributed by atoms with Crippen LogP contribution in [0.2, 0.25) is 0 Å². The molecule has 5 heteroatoms. The maximum Gasteiger partial charge on any atom is 0.227 e. The normalized spacial score (nSPS) is 32.9. The van der Waals surface area contributed by atoms with Crippen LogP contribution in [0.3, 0.4) is 0 Å². The lowest BCUT2D eigenvalue weighted by Gasteiger charge is -2.22. The largest absolute Gasteiger partial charge is 0.352 e. The standard InChI is InChI=1S/C10H19N3O.ClH/c1-10(2,5-11)9(14)13-8-6-3-12-4-7(6)8;/h6-8,12H,3-5,11H2,1-2H3,(H,13,14);1H/t6-,7+,8?;.